The van der Waals surface area contributed by atoms with Crippen molar-refractivity contribution < 1.29 is 0 Å². The lowest BCUT2D eigenvalue weighted by Gasteiger charge is -1.99. The van der Waals surface area contributed by atoms with Crippen LogP contribution in [0.3, 0.4) is 0 Å². The highest BCUT2D eigenvalue weighted by molar-refractivity contribution is 7.12. The topological polar surface area (TPSA) is 52.7 Å². The Morgan fingerprint density at radius 1 is 1.05 bits per heavy atom. The summed E-state index contributed by atoms with van der Waals surface area (Å²) in [5.41, 5.74) is 0.985. The fourth-order valence-electron chi connectivity index (χ4n) is 1.82. The van der Waals surface area contributed by atoms with E-state index in [1.165, 1.54) is 26.3 Å². The van der Waals surface area contributed by atoms with Gasteiger partial charge in [0.05, 0.1) is 6.54 Å². The summed E-state index contributed by atoms with van der Waals surface area (Å²) >= 11 is 1.47. The summed E-state index contributed by atoms with van der Waals surface area (Å²) in [6, 6.07) is 13.8. The van der Waals surface area contributed by atoms with Gasteiger partial charge in [-0.25, -0.2) is 4.79 Å². The van der Waals surface area contributed by atoms with Crippen LogP contribution in [0.25, 0.3) is 5.00 Å². The first-order valence-electron chi connectivity index (χ1n) is 5.95. The van der Waals surface area contributed by atoms with Gasteiger partial charge >= 0.3 is 5.69 Å². The molecule has 2 heterocycles. The zero-order valence-electron chi connectivity index (χ0n) is 10.1. The predicted octanol–water partition coefficient (Wildman–Crippen LogP) is 1.73. The molecule has 0 N–H and O–H groups in total. The highest BCUT2D eigenvalue weighted by Crippen LogP contribution is 2.10. The molecule has 6 heteroatoms. The maximum Gasteiger partial charge on any atom is 0.369 e. The lowest BCUT2D eigenvalue weighted by molar-refractivity contribution is 0.574. The number of tetrazole rings is 1. The van der Waals surface area contributed by atoms with Crippen LogP contribution in [0.15, 0.2) is 52.6 Å². The second-order valence-corrected chi connectivity index (χ2v) is 5.01. The van der Waals surface area contributed by atoms with Crippen LogP contribution in [0.4, 0.5) is 0 Å². The summed E-state index contributed by atoms with van der Waals surface area (Å²) in [6.07, 6.45) is 0.768. The highest BCUT2D eigenvalue weighted by Gasteiger charge is 2.09. The van der Waals surface area contributed by atoms with Gasteiger partial charge in [-0.2, -0.15) is 9.36 Å². The van der Waals surface area contributed by atoms with Crippen molar-refractivity contribution in [2.75, 3.05) is 0 Å². The van der Waals surface area contributed by atoms with Gasteiger partial charge in [-0.15, -0.1) is 11.3 Å². The van der Waals surface area contributed by atoms with E-state index in [0.717, 1.165) is 11.4 Å². The van der Waals surface area contributed by atoms with Gasteiger partial charge < -0.3 is 0 Å². The lowest BCUT2D eigenvalue weighted by Crippen LogP contribution is -2.24. The molecule has 0 radical (unpaired) electrons. The van der Waals surface area contributed by atoms with Crippen LogP contribution < -0.4 is 5.69 Å². The van der Waals surface area contributed by atoms with E-state index in [1.54, 1.807) is 0 Å². The fraction of sp³-hybridized carbons (Fsp3) is 0.154. The van der Waals surface area contributed by atoms with E-state index >= 15 is 0 Å². The Morgan fingerprint density at radius 3 is 2.63 bits per heavy atom. The molecular weight excluding hydrogens is 260 g/mol. The Morgan fingerprint density at radius 2 is 1.89 bits per heavy atom. The number of hydrogen-bond donors (Lipinski definition) is 0. The zero-order valence-corrected chi connectivity index (χ0v) is 11.0. The van der Waals surface area contributed by atoms with E-state index in [4.69, 9.17) is 0 Å². The lowest BCUT2D eigenvalue weighted by atomic mass is 10.2. The van der Waals surface area contributed by atoms with Gasteiger partial charge in [-0.3, -0.25) is 0 Å². The van der Waals surface area contributed by atoms with Gasteiger partial charge in [-0.1, -0.05) is 30.3 Å². The first-order valence-corrected chi connectivity index (χ1v) is 6.83. The maximum atomic E-state index is 12.1. The molecular formula is C13H12N4OS. The maximum absolute atomic E-state index is 12.1. The first-order chi connectivity index (χ1) is 9.34. The van der Waals surface area contributed by atoms with E-state index in [0.29, 0.717) is 6.54 Å². The molecule has 3 rings (SSSR count). The highest BCUT2D eigenvalue weighted by atomic mass is 32.1. The average Bonchev–Trinajstić information content (AvgIpc) is 3.07. The number of nitrogens with zero attached hydrogens (tertiary/aromatic N) is 4. The first kappa shape index (κ1) is 11.9. The van der Waals surface area contributed by atoms with Gasteiger partial charge in [0.2, 0.25) is 0 Å². The summed E-state index contributed by atoms with van der Waals surface area (Å²) in [6.45, 7) is 0.536. The van der Waals surface area contributed by atoms with Crippen molar-refractivity contribution in [3.63, 3.8) is 0 Å². The molecule has 0 saturated heterocycles. The molecule has 0 aliphatic rings. The third-order valence-corrected chi connectivity index (χ3v) is 3.65. The largest absolute Gasteiger partial charge is 0.369 e. The standard InChI is InChI=1S/C13H12N4OS/c18-13-16(9-8-11-5-2-1-3-6-11)14-15-17(13)12-7-4-10-19-12/h1-7,10H,8-9H2. The summed E-state index contributed by atoms with van der Waals surface area (Å²) in [5, 5.41) is 10.5. The third-order valence-electron chi connectivity index (χ3n) is 2.81. The van der Waals surface area contributed by atoms with Gasteiger partial charge in [0.15, 0.2) is 0 Å². The van der Waals surface area contributed by atoms with E-state index in [-0.39, 0.29) is 5.69 Å². The summed E-state index contributed by atoms with van der Waals surface area (Å²) in [7, 11) is 0. The van der Waals surface area contributed by atoms with Gasteiger partial charge in [0.25, 0.3) is 0 Å². The van der Waals surface area contributed by atoms with Crippen molar-refractivity contribution >= 4 is 11.3 Å². The van der Waals surface area contributed by atoms with E-state index in [9.17, 15) is 4.79 Å². The number of aromatic nitrogens is 4. The Labute approximate surface area is 113 Å². The Kier molecular flexibility index (Phi) is 3.24. The predicted molar refractivity (Wildman–Crippen MR) is 73.6 cm³/mol. The zero-order chi connectivity index (χ0) is 13.1. The molecule has 0 unspecified atom stereocenters. The number of thiophene rings is 1. The van der Waals surface area contributed by atoms with Crippen molar-refractivity contribution in [3.8, 4) is 5.00 Å². The van der Waals surface area contributed by atoms with Gasteiger partial charge in [0, 0.05) is 0 Å². The van der Waals surface area contributed by atoms with Gasteiger partial charge in [0.1, 0.15) is 5.00 Å². The van der Waals surface area contributed by atoms with E-state index < -0.39 is 0 Å². The molecule has 1 aromatic carbocycles. The summed E-state index contributed by atoms with van der Waals surface area (Å²) in [5.74, 6) is 0. The van der Waals surface area contributed by atoms with Crippen molar-refractivity contribution in [1.82, 2.24) is 19.8 Å². The molecule has 3 aromatic rings. The Hall–Kier alpha value is -2.21. The van der Waals surface area contributed by atoms with Crippen molar-refractivity contribution in [2.24, 2.45) is 0 Å². The molecule has 5 nitrogen and oxygen atoms in total. The average molecular weight is 272 g/mol. The molecule has 96 valence electrons. The SMILES string of the molecule is O=c1n(CCc2ccccc2)nnn1-c1cccs1. The van der Waals surface area contributed by atoms with Crippen LogP contribution in [0.1, 0.15) is 5.56 Å². The monoisotopic (exact) mass is 272 g/mol. The molecule has 0 amide bonds. The summed E-state index contributed by atoms with van der Waals surface area (Å²) in [4.78, 5) is 12.1. The van der Waals surface area contributed by atoms with Gasteiger partial charge in [-0.05, 0) is 39.9 Å². The van der Waals surface area contributed by atoms with Crippen LogP contribution in [0.5, 0.6) is 0 Å². The molecule has 0 aliphatic carbocycles. The molecule has 19 heavy (non-hydrogen) atoms. The number of rotatable bonds is 4. The van der Waals surface area contributed by atoms with Crippen LogP contribution in [0, 0.1) is 0 Å². The molecule has 0 spiro atoms. The Balaban J connectivity index is 1.78. The Bertz CT molecular complexity index is 700. The minimum atomic E-state index is -0.196. The number of benzene rings is 1. The smallest absolute Gasteiger partial charge is 0.244 e. The molecule has 0 saturated carbocycles. The number of aryl methyl sites for hydroxylation is 2. The molecule has 2 aromatic heterocycles. The molecule has 0 aliphatic heterocycles. The van der Waals surface area contributed by atoms with Crippen LogP contribution in [0.2, 0.25) is 0 Å². The van der Waals surface area contributed by atoms with E-state index in [2.05, 4.69) is 10.4 Å². The van der Waals surface area contributed by atoms with Crippen molar-refractivity contribution in [3.05, 3.63) is 63.9 Å². The van der Waals surface area contributed by atoms with Crippen molar-refractivity contribution in [1.29, 1.82) is 0 Å². The van der Waals surface area contributed by atoms with Crippen LogP contribution in [-0.4, -0.2) is 19.8 Å². The van der Waals surface area contributed by atoms with Crippen LogP contribution in [-0.2, 0) is 13.0 Å². The molecule has 0 fully saturated rings. The fourth-order valence-corrected chi connectivity index (χ4v) is 2.49. The number of hydrogen-bond acceptors (Lipinski definition) is 4. The normalized spacial score (nSPS) is 10.7. The van der Waals surface area contributed by atoms with E-state index in [1.807, 2.05) is 47.8 Å². The second-order valence-electron chi connectivity index (χ2n) is 4.08. The van der Waals surface area contributed by atoms with Crippen LogP contribution >= 0.6 is 11.3 Å². The minimum absolute atomic E-state index is 0.196. The quantitative estimate of drug-likeness (QED) is 0.727. The summed E-state index contributed by atoms with van der Waals surface area (Å²) < 4.78 is 2.72. The molecule has 0 bridgehead atoms. The minimum Gasteiger partial charge on any atom is -0.244 e. The third kappa shape index (κ3) is 2.48. The second kappa shape index (κ2) is 5.19. The molecule has 0 atom stereocenters. The van der Waals surface area contributed by atoms with Crippen molar-refractivity contribution in [2.45, 2.75) is 13.0 Å².